The Morgan fingerprint density at radius 1 is 1.16 bits per heavy atom. The second-order valence-corrected chi connectivity index (χ2v) is 7.13. The van der Waals surface area contributed by atoms with Crippen molar-refractivity contribution >= 4 is 17.3 Å². The van der Waals surface area contributed by atoms with Crippen LogP contribution in [0.3, 0.4) is 0 Å². The zero-order valence-corrected chi connectivity index (χ0v) is 17.7. The minimum atomic E-state index is -0.209. The van der Waals surface area contributed by atoms with E-state index in [1.165, 1.54) is 0 Å². The van der Waals surface area contributed by atoms with Crippen LogP contribution in [-0.4, -0.2) is 47.5 Å². The van der Waals surface area contributed by atoms with Crippen LogP contribution in [0.15, 0.2) is 48.9 Å². The number of ether oxygens (including phenoxy) is 1. The molecule has 1 aromatic carbocycles. The standard InChI is InChI=1S/C23H28N6O2/c1-31-12-2-10-27-19-8-11-26-14-18(19)13-21(30)22-23(25)28-15-20(29-22)17-5-3-16(4-6-17)7-9-24/h3-6,8,11,14-15H,2,7,9-10,12-13,24H2,1H3,(H2,25,28)(H,26,27). The van der Waals surface area contributed by atoms with E-state index >= 15 is 0 Å². The fraction of sp³-hybridized carbons (Fsp3) is 0.304. The number of nitrogens with one attached hydrogen (secondary N) is 1. The number of nitrogen functional groups attached to an aromatic ring is 1. The first-order chi connectivity index (χ1) is 15.1. The van der Waals surface area contributed by atoms with Gasteiger partial charge in [-0.15, -0.1) is 0 Å². The molecule has 0 bridgehead atoms. The van der Waals surface area contributed by atoms with Crippen molar-refractivity contribution in [3.8, 4) is 11.3 Å². The molecule has 0 amide bonds. The van der Waals surface area contributed by atoms with Crippen LogP contribution in [0.5, 0.6) is 0 Å². The normalized spacial score (nSPS) is 10.8. The highest BCUT2D eigenvalue weighted by molar-refractivity contribution is 6.00. The van der Waals surface area contributed by atoms with Crippen molar-refractivity contribution in [3.05, 3.63) is 65.7 Å². The van der Waals surface area contributed by atoms with Crippen LogP contribution in [0, 0.1) is 0 Å². The fourth-order valence-corrected chi connectivity index (χ4v) is 3.19. The molecule has 8 nitrogen and oxygen atoms in total. The number of pyridine rings is 1. The maximum absolute atomic E-state index is 13.0. The van der Waals surface area contributed by atoms with Gasteiger partial charge >= 0.3 is 0 Å². The van der Waals surface area contributed by atoms with Crippen LogP contribution < -0.4 is 16.8 Å². The zero-order chi connectivity index (χ0) is 22.1. The third-order valence-electron chi connectivity index (χ3n) is 4.84. The first kappa shape index (κ1) is 22.3. The third kappa shape index (κ3) is 6.07. The molecule has 0 aliphatic carbocycles. The van der Waals surface area contributed by atoms with Gasteiger partial charge < -0.3 is 21.5 Å². The summed E-state index contributed by atoms with van der Waals surface area (Å²) in [6.45, 7) is 1.99. The molecule has 5 N–H and O–H groups in total. The number of nitrogens with zero attached hydrogens (tertiary/aromatic N) is 3. The summed E-state index contributed by atoms with van der Waals surface area (Å²) in [4.78, 5) is 25.9. The van der Waals surface area contributed by atoms with Gasteiger partial charge in [0.05, 0.1) is 11.9 Å². The minimum absolute atomic E-state index is 0.118. The van der Waals surface area contributed by atoms with E-state index in [0.717, 1.165) is 41.8 Å². The summed E-state index contributed by atoms with van der Waals surface area (Å²) in [5.74, 6) is -0.0912. The summed E-state index contributed by atoms with van der Waals surface area (Å²) in [6, 6.07) is 9.74. The number of ketones is 1. The number of benzene rings is 1. The summed E-state index contributed by atoms with van der Waals surface area (Å²) < 4.78 is 5.07. The molecule has 31 heavy (non-hydrogen) atoms. The molecule has 3 rings (SSSR count). The van der Waals surface area contributed by atoms with Gasteiger partial charge in [-0.2, -0.15) is 0 Å². The Hall–Kier alpha value is -3.36. The quantitative estimate of drug-likeness (QED) is 0.319. The van der Waals surface area contributed by atoms with Crippen LogP contribution in [0.25, 0.3) is 11.3 Å². The topological polar surface area (TPSA) is 129 Å². The number of hydrogen-bond acceptors (Lipinski definition) is 8. The predicted octanol–water partition coefficient (Wildman–Crippen LogP) is 2.50. The average Bonchev–Trinajstić information content (AvgIpc) is 2.79. The average molecular weight is 421 g/mol. The number of Topliss-reactive ketones (excluding diaryl/α,β-unsaturated/α-hetero) is 1. The number of methoxy groups -OCH3 is 1. The van der Waals surface area contributed by atoms with Gasteiger partial charge in [0, 0.05) is 55.9 Å². The van der Waals surface area contributed by atoms with Crippen molar-refractivity contribution in [1.82, 2.24) is 15.0 Å². The van der Waals surface area contributed by atoms with E-state index in [1.54, 1.807) is 25.7 Å². The van der Waals surface area contributed by atoms with Gasteiger partial charge in [-0.25, -0.2) is 9.97 Å². The van der Waals surface area contributed by atoms with Gasteiger partial charge in [-0.05, 0) is 31.0 Å². The number of rotatable bonds is 11. The summed E-state index contributed by atoms with van der Waals surface area (Å²) in [5, 5.41) is 3.32. The highest BCUT2D eigenvalue weighted by atomic mass is 16.5. The van der Waals surface area contributed by atoms with Crippen LogP contribution in [0.4, 0.5) is 11.5 Å². The van der Waals surface area contributed by atoms with Crippen molar-refractivity contribution in [2.24, 2.45) is 5.73 Å². The molecule has 0 saturated carbocycles. The lowest BCUT2D eigenvalue weighted by atomic mass is 10.1. The second-order valence-electron chi connectivity index (χ2n) is 7.13. The number of nitrogens with two attached hydrogens (primary N) is 2. The molecular formula is C23H28N6O2. The summed E-state index contributed by atoms with van der Waals surface area (Å²) >= 11 is 0. The Kier molecular flexibility index (Phi) is 8.03. The maximum atomic E-state index is 13.0. The SMILES string of the molecule is COCCCNc1ccncc1CC(=O)c1nc(-c2ccc(CCN)cc2)cnc1N. The molecular weight excluding hydrogens is 392 g/mol. The Morgan fingerprint density at radius 2 is 1.97 bits per heavy atom. The fourth-order valence-electron chi connectivity index (χ4n) is 3.19. The van der Waals surface area contributed by atoms with Crippen LogP contribution in [0.1, 0.15) is 28.0 Å². The minimum Gasteiger partial charge on any atom is -0.385 e. The monoisotopic (exact) mass is 420 g/mol. The molecule has 0 aliphatic heterocycles. The van der Waals surface area contributed by atoms with Crippen LogP contribution >= 0.6 is 0 Å². The number of carbonyl (C=O) groups is 1. The van der Waals surface area contributed by atoms with Gasteiger partial charge in [-0.1, -0.05) is 24.3 Å². The molecule has 2 heterocycles. The van der Waals surface area contributed by atoms with Crippen molar-refractivity contribution < 1.29 is 9.53 Å². The molecule has 0 aliphatic rings. The number of hydrogen-bond donors (Lipinski definition) is 3. The van der Waals surface area contributed by atoms with Gasteiger partial charge in [0.1, 0.15) is 5.69 Å². The lowest BCUT2D eigenvalue weighted by molar-refractivity contribution is 0.0989. The predicted molar refractivity (Wildman–Crippen MR) is 122 cm³/mol. The molecule has 0 atom stereocenters. The number of aromatic nitrogens is 3. The Labute approximate surface area is 182 Å². The summed E-state index contributed by atoms with van der Waals surface area (Å²) in [5.41, 5.74) is 16.0. The van der Waals surface area contributed by atoms with E-state index in [1.807, 2.05) is 30.3 Å². The first-order valence-electron chi connectivity index (χ1n) is 10.2. The van der Waals surface area contributed by atoms with Gasteiger partial charge in [0.15, 0.2) is 11.6 Å². The number of anilines is 2. The Morgan fingerprint density at radius 3 is 2.71 bits per heavy atom. The van der Waals surface area contributed by atoms with E-state index in [-0.39, 0.29) is 23.7 Å². The molecule has 0 fully saturated rings. The smallest absolute Gasteiger partial charge is 0.189 e. The lowest BCUT2D eigenvalue weighted by Gasteiger charge is -2.12. The molecule has 2 aromatic heterocycles. The van der Waals surface area contributed by atoms with Crippen molar-refractivity contribution in [2.45, 2.75) is 19.3 Å². The van der Waals surface area contributed by atoms with Crippen LogP contribution in [-0.2, 0) is 17.6 Å². The maximum Gasteiger partial charge on any atom is 0.189 e. The Balaban J connectivity index is 1.77. The largest absolute Gasteiger partial charge is 0.385 e. The van der Waals surface area contributed by atoms with Crippen molar-refractivity contribution in [3.63, 3.8) is 0 Å². The zero-order valence-electron chi connectivity index (χ0n) is 17.7. The second kappa shape index (κ2) is 11.1. The van der Waals surface area contributed by atoms with Gasteiger partial charge in [0.25, 0.3) is 0 Å². The molecule has 0 spiro atoms. The van der Waals surface area contributed by atoms with Crippen LogP contribution in [0.2, 0.25) is 0 Å². The molecule has 0 unspecified atom stereocenters. The molecule has 0 saturated heterocycles. The first-order valence-corrected chi connectivity index (χ1v) is 10.2. The summed E-state index contributed by atoms with van der Waals surface area (Å²) in [6.07, 6.45) is 6.74. The molecule has 3 aromatic rings. The van der Waals surface area contributed by atoms with Crippen molar-refractivity contribution in [1.29, 1.82) is 0 Å². The van der Waals surface area contributed by atoms with E-state index in [4.69, 9.17) is 16.2 Å². The highest BCUT2D eigenvalue weighted by Gasteiger charge is 2.17. The Bertz CT molecular complexity index is 1010. The third-order valence-corrected chi connectivity index (χ3v) is 4.84. The van der Waals surface area contributed by atoms with E-state index in [2.05, 4.69) is 20.3 Å². The molecule has 8 heteroatoms. The number of carbonyl (C=O) groups excluding carboxylic acids is 1. The van der Waals surface area contributed by atoms with E-state index in [0.29, 0.717) is 18.8 Å². The molecule has 0 radical (unpaired) electrons. The van der Waals surface area contributed by atoms with E-state index in [9.17, 15) is 4.79 Å². The van der Waals surface area contributed by atoms with Gasteiger partial charge in [0.2, 0.25) is 0 Å². The lowest BCUT2D eigenvalue weighted by Crippen LogP contribution is -2.14. The summed E-state index contributed by atoms with van der Waals surface area (Å²) in [7, 11) is 1.67. The van der Waals surface area contributed by atoms with E-state index < -0.39 is 0 Å². The van der Waals surface area contributed by atoms with Crippen molar-refractivity contribution in [2.75, 3.05) is 37.9 Å². The van der Waals surface area contributed by atoms with Gasteiger partial charge in [-0.3, -0.25) is 9.78 Å². The molecule has 162 valence electrons. The highest BCUT2D eigenvalue weighted by Crippen LogP contribution is 2.22.